The van der Waals surface area contributed by atoms with Gasteiger partial charge in [-0.1, -0.05) is 23.7 Å². The van der Waals surface area contributed by atoms with Gasteiger partial charge in [0.1, 0.15) is 0 Å². The first-order valence-corrected chi connectivity index (χ1v) is 7.09. The van der Waals surface area contributed by atoms with Crippen LogP contribution in [0.1, 0.15) is 6.92 Å². The zero-order valence-corrected chi connectivity index (χ0v) is 12.3. The molecule has 0 spiro atoms. The SMILES string of the molecule is CCn1c(Nc2ccc(Cl)cc2)nc(=O)c2ccccc21. The van der Waals surface area contributed by atoms with E-state index in [1.807, 2.05) is 41.8 Å². The lowest BCUT2D eigenvalue weighted by Gasteiger charge is -2.15. The quantitative estimate of drug-likeness (QED) is 0.800. The molecule has 5 heteroatoms. The number of halogens is 1. The average Bonchev–Trinajstić information content (AvgIpc) is 2.50. The van der Waals surface area contributed by atoms with E-state index in [1.165, 1.54) is 0 Å². The molecule has 0 atom stereocenters. The number of para-hydroxylation sites is 1. The lowest BCUT2D eigenvalue weighted by molar-refractivity contribution is 0.776. The third-order valence-electron chi connectivity index (χ3n) is 3.30. The number of rotatable bonds is 3. The molecule has 0 aliphatic rings. The Morgan fingerprint density at radius 3 is 2.57 bits per heavy atom. The highest BCUT2D eigenvalue weighted by molar-refractivity contribution is 6.30. The second-order valence-electron chi connectivity index (χ2n) is 4.63. The van der Waals surface area contributed by atoms with Crippen molar-refractivity contribution in [1.29, 1.82) is 0 Å². The summed E-state index contributed by atoms with van der Waals surface area (Å²) in [7, 11) is 0. The third kappa shape index (κ3) is 2.62. The normalized spacial score (nSPS) is 10.8. The average molecular weight is 300 g/mol. The van der Waals surface area contributed by atoms with Gasteiger partial charge >= 0.3 is 0 Å². The highest BCUT2D eigenvalue weighted by Crippen LogP contribution is 2.20. The maximum Gasteiger partial charge on any atom is 0.282 e. The van der Waals surface area contributed by atoms with Gasteiger partial charge in [-0.25, -0.2) is 0 Å². The Morgan fingerprint density at radius 2 is 1.86 bits per heavy atom. The van der Waals surface area contributed by atoms with Crippen LogP contribution in [0.15, 0.2) is 53.3 Å². The van der Waals surface area contributed by atoms with E-state index >= 15 is 0 Å². The lowest BCUT2D eigenvalue weighted by Crippen LogP contribution is -2.17. The predicted octanol–water partition coefficient (Wildman–Crippen LogP) is 3.81. The summed E-state index contributed by atoms with van der Waals surface area (Å²) in [6, 6.07) is 14.8. The van der Waals surface area contributed by atoms with Crippen molar-refractivity contribution in [2.75, 3.05) is 5.32 Å². The number of nitrogens with zero attached hydrogens (tertiary/aromatic N) is 2. The second-order valence-corrected chi connectivity index (χ2v) is 5.07. The lowest BCUT2D eigenvalue weighted by atomic mass is 10.2. The summed E-state index contributed by atoms with van der Waals surface area (Å²) in [6.45, 7) is 2.73. The van der Waals surface area contributed by atoms with E-state index in [2.05, 4.69) is 10.3 Å². The van der Waals surface area contributed by atoms with Crippen LogP contribution in [0.25, 0.3) is 10.9 Å². The summed E-state index contributed by atoms with van der Waals surface area (Å²) in [6.07, 6.45) is 0. The molecule has 0 saturated carbocycles. The molecule has 106 valence electrons. The van der Waals surface area contributed by atoms with Crippen LogP contribution >= 0.6 is 11.6 Å². The molecule has 1 aromatic heterocycles. The molecule has 0 fully saturated rings. The van der Waals surface area contributed by atoms with E-state index < -0.39 is 0 Å². The Labute approximate surface area is 127 Å². The largest absolute Gasteiger partial charge is 0.326 e. The Hall–Kier alpha value is -2.33. The molecule has 0 saturated heterocycles. The van der Waals surface area contributed by atoms with Crippen LogP contribution in [0.3, 0.4) is 0 Å². The van der Waals surface area contributed by atoms with Crippen LogP contribution in [0.4, 0.5) is 11.6 Å². The van der Waals surface area contributed by atoms with Crippen molar-refractivity contribution in [1.82, 2.24) is 9.55 Å². The summed E-state index contributed by atoms with van der Waals surface area (Å²) < 4.78 is 1.98. The van der Waals surface area contributed by atoms with Gasteiger partial charge < -0.3 is 9.88 Å². The predicted molar refractivity (Wildman–Crippen MR) is 86.4 cm³/mol. The van der Waals surface area contributed by atoms with Gasteiger partial charge in [0.15, 0.2) is 0 Å². The van der Waals surface area contributed by atoms with Crippen LogP contribution in [-0.4, -0.2) is 9.55 Å². The number of anilines is 2. The van der Waals surface area contributed by atoms with E-state index in [4.69, 9.17) is 11.6 Å². The molecule has 0 radical (unpaired) electrons. The minimum absolute atomic E-state index is 0.230. The highest BCUT2D eigenvalue weighted by Gasteiger charge is 2.09. The van der Waals surface area contributed by atoms with Gasteiger partial charge in [0, 0.05) is 17.3 Å². The molecule has 3 aromatic rings. The molecule has 21 heavy (non-hydrogen) atoms. The molecule has 1 N–H and O–H groups in total. The Balaban J connectivity index is 2.13. The van der Waals surface area contributed by atoms with Gasteiger partial charge in [0.05, 0.1) is 10.9 Å². The molecule has 0 amide bonds. The van der Waals surface area contributed by atoms with E-state index in [1.54, 1.807) is 18.2 Å². The number of hydrogen-bond donors (Lipinski definition) is 1. The van der Waals surface area contributed by atoms with Gasteiger partial charge in [-0.2, -0.15) is 4.98 Å². The molecule has 2 aromatic carbocycles. The molecule has 0 aliphatic carbocycles. The molecular formula is C16H14ClN3O. The van der Waals surface area contributed by atoms with Gasteiger partial charge in [0.25, 0.3) is 5.56 Å². The fourth-order valence-corrected chi connectivity index (χ4v) is 2.42. The molecule has 0 bridgehead atoms. The molecular weight excluding hydrogens is 286 g/mol. The summed E-state index contributed by atoms with van der Waals surface area (Å²) in [5.41, 5.74) is 1.48. The van der Waals surface area contributed by atoms with Crippen molar-refractivity contribution >= 4 is 34.1 Å². The highest BCUT2D eigenvalue weighted by atomic mass is 35.5. The summed E-state index contributed by atoms with van der Waals surface area (Å²) in [4.78, 5) is 16.3. The van der Waals surface area contributed by atoms with Crippen LogP contribution in [-0.2, 0) is 6.54 Å². The van der Waals surface area contributed by atoms with Gasteiger partial charge in [-0.05, 0) is 43.3 Å². The number of nitrogens with one attached hydrogen (secondary N) is 1. The van der Waals surface area contributed by atoms with Gasteiger partial charge in [-0.15, -0.1) is 0 Å². The zero-order valence-electron chi connectivity index (χ0n) is 11.5. The van der Waals surface area contributed by atoms with E-state index in [-0.39, 0.29) is 5.56 Å². The fraction of sp³-hybridized carbons (Fsp3) is 0.125. The summed E-state index contributed by atoms with van der Waals surface area (Å²) >= 11 is 5.88. The summed E-state index contributed by atoms with van der Waals surface area (Å²) in [5.74, 6) is 0.531. The summed E-state index contributed by atoms with van der Waals surface area (Å²) in [5, 5.41) is 4.47. The standard InChI is InChI=1S/C16H14ClN3O/c1-2-20-14-6-4-3-5-13(14)15(21)19-16(20)18-12-9-7-11(17)8-10-12/h3-10H,2H2,1H3,(H,18,19,21). The van der Waals surface area contributed by atoms with E-state index in [0.717, 1.165) is 11.2 Å². The van der Waals surface area contributed by atoms with Gasteiger partial charge in [0.2, 0.25) is 5.95 Å². The first-order chi connectivity index (χ1) is 10.2. The van der Waals surface area contributed by atoms with Crippen molar-refractivity contribution in [3.05, 3.63) is 63.9 Å². The number of aromatic nitrogens is 2. The first-order valence-electron chi connectivity index (χ1n) is 6.71. The van der Waals surface area contributed by atoms with Crippen molar-refractivity contribution in [2.24, 2.45) is 0 Å². The monoisotopic (exact) mass is 299 g/mol. The van der Waals surface area contributed by atoms with Crippen molar-refractivity contribution in [2.45, 2.75) is 13.5 Å². The van der Waals surface area contributed by atoms with Crippen molar-refractivity contribution in [3.8, 4) is 0 Å². The molecule has 4 nitrogen and oxygen atoms in total. The van der Waals surface area contributed by atoms with E-state index in [0.29, 0.717) is 22.9 Å². The third-order valence-corrected chi connectivity index (χ3v) is 3.56. The van der Waals surface area contributed by atoms with Gasteiger partial charge in [-0.3, -0.25) is 4.79 Å². The number of fused-ring (bicyclic) bond motifs is 1. The first kappa shape index (κ1) is 13.6. The zero-order chi connectivity index (χ0) is 14.8. The molecule has 3 rings (SSSR count). The Bertz CT molecular complexity index is 840. The fourth-order valence-electron chi connectivity index (χ4n) is 2.30. The maximum absolute atomic E-state index is 12.1. The van der Waals surface area contributed by atoms with Crippen LogP contribution in [0, 0.1) is 0 Å². The Morgan fingerprint density at radius 1 is 1.14 bits per heavy atom. The number of aryl methyl sites for hydroxylation is 1. The topological polar surface area (TPSA) is 46.9 Å². The minimum Gasteiger partial charge on any atom is -0.326 e. The smallest absolute Gasteiger partial charge is 0.282 e. The number of benzene rings is 2. The Kier molecular flexibility index (Phi) is 3.62. The second kappa shape index (κ2) is 5.58. The number of hydrogen-bond acceptors (Lipinski definition) is 3. The maximum atomic E-state index is 12.1. The van der Waals surface area contributed by atoms with Crippen LogP contribution in [0.5, 0.6) is 0 Å². The van der Waals surface area contributed by atoms with Crippen LogP contribution < -0.4 is 10.9 Å². The van der Waals surface area contributed by atoms with Crippen molar-refractivity contribution in [3.63, 3.8) is 0 Å². The molecule has 0 aliphatic heterocycles. The molecule has 1 heterocycles. The minimum atomic E-state index is -0.230. The van der Waals surface area contributed by atoms with Crippen LogP contribution in [0.2, 0.25) is 5.02 Å². The van der Waals surface area contributed by atoms with Crippen molar-refractivity contribution < 1.29 is 0 Å². The molecule has 0 unspecified atom stereocenters. The van der Waals surface area contributed by atoms with E-state index in [9.17, 15) is 4.79 Å².